The van der Waals surface area contributed by atoms with Crippen molar-refractivity contribution in [2.75, 3.05) is 59.0 Å². The Morgan fingerprint density at radius 1 is 1.04 bits per heavy atom. The fourth-order valence-corrected chi connectivity index (χ4v) is 3.99. The van der Waals surface area contributed by atoms with Crippen LogP contribution in [-0.2, 0) is 6.54 Å². The lowest BCUT2D eigenvalue weighted by Gasteiger charge is -2.36. The molecule has 5 heteroatoms. The van der Waals surface area contributed by atoms with Gasteiger partial charge in [-0.3, -0.25) is 4.90 Å². The van der Waals surface area contributed by atoms with Gasteiger partial charge in [-0.15, -0.1) is 0 Å². The van der Waals surface area contributed by atoms with Gasteiger partial charge >= 0.3 is 0 Å². The molecule has 2 saturated heterocycles. The Balaban J connectivity index is 1.50. The van der Waals surface area contributed by atoms with Gasteiger partial charge in [0.1, 0.15) is 11.5 Å². The van der Waals surface area contributed by atoms with E-state index in [4.69, 9.17) is 4.42 Å². The van der Waals surface area contributed by atoms with Crippen molar-refractivity contribution in [1.82, 2.24) is 14.7 Å². The zero-order chi connectivity index (χ0) is 16.2. The molecule has 3 heterocycles. The Labute approximate surface area is 139 Å². The van der Waals surface area contributed by atoms with Crippen molar-refractivity contribution in [3.63, 3.8) is 0 Å². The molecule has 3 rings (SSSR count). The number of nitrogens with zero attached hydrogens (tertiary/aromatic N) is 3. The molecular weight excluding hydrogens is 290 g/mol. The third-order valence-electron chi connectivity index (χ3n) is 5.47. The number of aliphatic hydroxyl groups excluding tert-OH is 1. The van der Waals surface area contributed by atoms with Gasteiger partial charge in [-0.2, -0.15) is 0 Å². The maximum atomic E-state index is 9.76. The number of likely N-dealkylation sites (N-methyl/N-ethyl adjacent to an activating group) is 1. The first kappa shape index (κ1) is 17.0. The van der Waals surface area contributed by atoms with Crippen LogP contribution in [-0.4, -0.2) is 78.8 Å². The molecule has 2 aliphatic heterocycles. The van der Waals surface area contributed by atoms with Crippen molar-refractivity contribution in [2.45, 2.75) is 20.4 Å². The van der Waals surface area contributed by atoms with E-state index in [2.05, 4.69) is 27.7 Å². The lowest BCUT2D eigenvalue weighted by atomic mass is 9.96. The van der Waals surface area contributed by atoms with E-state index in [1.165, 1.54) is 26.2 Å². The highest BCUT2D eigenvalue weighted by atomic mass is 16.3. The summed E-state index contributed by atoms with van der Waals surface area (Å²) < 4.78 is 5.70. The number of aliphatic hydroxyl groups is 1. The molecule has 0 aliphatic carbocycles. The number of hydrogen-bond acceptors (Lipinski definition) is 5. The second kappa shape index (κ2) is 7.79. The minimum atomic E-state index is 0.299. The molecule has 23 heavy (non-hydrogen) atoms. The van der Waals surface area contributed by atoms with Crippen LogP contribution in [0.4, 0.5) is 0 Å². The molecule has 0 aromatic carbocycles. The normalized spacial score (nSPS) is 27.8. The van der Waals surface area contributed by atoms with E-state index in [-0.39, 0.29) is 0 Å². The Bertz CT molecular complexity index is 482. The van der Waals surface area contributed by atoms with E-state index in [1.807, 2.05) is 13.0 Å². The van der Waals surface area contributed by atoms with Gasteiger partial charge in [0.05, 0.1) is 6.54 Å². The molecule has 5 nitrogen and oxygen atoms in total. The molecule has 0 spiro atoms. The van der Waals surface area contributed by atoms with Crippen LogP contribution in [0.2, 0.25) is 0 Å². The molecule has 0 bridgehead atoms. The summed E-state index contributed by atoms with van der Waals surface area (Å²) in [5.74, 6) is 2.99. The summed E-state index contributed by atoms with van der Waals surface area (Å²) >= 11 is 0. The first-order chi connectivity index (χ1) is 11.2. The first-order valence-corrected chi connectivity index (χ1v) is 9.01. The molecule has 0 amide bonds. The fourth-order valence-electron chi connectivity index (χ4n) is 3.99. The molecule has 1 aromatic heterocycles. The second-order valence-electron chi connectivity index (χ2n) is 7.14. The SMILES string of the molecule is CCN1CCN(C[C@@H]2CN(Cc3ccc(C)o3)C[C@@H]2CO)CC1. The molecular formula is C18H31N3O2. The minimum Gasteiger partial charge on any atom is -0.465 e. The molecule has 0 unspecified atom stereocenters. The standard InChI is InChI=1S/C18H31N3O2/c1-3-19-6-8-20(9-7-19)10-16-11-21(12-17(16)14-22)13-18-5-4-15(2)23-18/h4-5,16-17,22H,3,6-14H2,1-2H3/t16-,17-/m1/s1. The van der Waals surface area contributed by atoms with E-state index in [9.17, 15) is 5.11 Å². The summed E-state index contributed by atoms with van der Waals surface area (Å²) in [5.41, 5.74) is 0. The monoisotopic (exact) mass is 321 g/mol. The van der Waals surface area contributed by atoms with Crippen molar-refractivity contribution in [3.05, 3.63) is 23.7 Å². The topological polar surface area (TPSA) is 43.1 Å². The van der Waals surface area contributed by atoms with Gasteiger partial charge in [0.15, 0.2) is 0 Å². The van der Waals surface area contributed by atoms with Gasteiger partial charge in [-0.25, -0.2) is 0 Å². The maximum Gasteiger partial charge on any atom is 0.118 e. The van der Waals surface area contributed by atoms with Crippen molar-refractivity contribution in [1.29, 1.82) is 0 Å². The molecule has 2 aliphatic rings. The fraction of sp³-hybridized carbons (Fsp3) is 0.778. The zero-order valence-electron chi connectivity index (χ0n) is 14.6. The van der Waals surface area contributed by atoms with Crippen LogP contribution in [0.15, 0.2) is 16.5 Å². The number of rotatable bonds is 6. The summed E-state index contributed by atoms with van der Waals surface area (Å²) in [7, 11) is 0. The van der Waals surface area contributed by atoms with E-state index in [1.54, 1.807) is 0 Å². The second-order valence-corrected chi connectivity index (χ2v) is 7.14. The largest absolute Gasteiger partial charge is 0.465 e. The summed E-state index contributed by atoms with van der Waals surface area (Å²) in [4.78, 5) is 7.53. The molecule has 1 N–H and O–H groups in total. The van der Waals surface area contributed by atoms with E-state index in [0.29, 0.717) is 18.4 Å². The van der Waals surface area contributed by atoms with Gasteiger partial charge in [-0.05, 0) is 37.4 Å². The van der Waals surface area contributed by atoms with Gasteiger partial charge in [0, 0.05) is 52.4 Å². The van der Waals surface area contributed by atoms with Crippen LogP contribution >= 0.6 is 0 Å². The third-order valence-corrected chi connectivity index (χ3v) is 5.47. The number of piperazine rings is 1. The van der Waals surface area contributed by atoms with Crippen LogP contribution in [0.25, 0.3) is 0 Å². The molecule has 130 valence electrons. The highest BCUT2D eigenvalue weighted by molar-refractivity contribution is 5.06. The molecule has 2 atom stereocenters. The van der Waals surface area contributed by atoms with E-state index in [0.717, 1.165) is 44.2 Å². The van der Waals surface area contributed by atoms with Crippen LogP contribution < -0.4 is 0 Å². The summed E-state index contributed by atoms with van der Waals surface area (Å²) in [6.07, 6.45) is 0. The predicted molar refractivity (Wildman–Crippen MR) is 91.3 cm³/mol. The summed E-state index contributed by atoms with van der Waals surface area (Å²) in [5, 5.41) is 9.76. The maximum absolute atomic E-state index is 9.76. The van der Waals surface area contributed by atoms with Crippen LogP contribution in [0.3, 0.4) is 0 Å². The van der Waals surface area contributed by atoms with Gasteiger partial charge in [0.2, 0.25) is 0 Å². The van der Waals surface area contributed by atoms with Gasteiger partial charge in [-0.1, -0.05) is 6.92 Å². The lowest BCUT2D eigenvalue weighted by molar-refractivity contribution is 0.106. The average Bonchev–Trinajstić information content (AvgIpc) is 3.14. The van der Waals surface area contributed by atoms with Crippen molar-refractivity contribution >= 4 is 0 Å². The van der Waals surface area contributed by atoms with Crippen LogP contribution in [0.1, 0.15) is 18.4 Å². The van der Waals surface area contributed by atoms with Gasteiger partial charge < -0.3 is 19.3 Å². The minimum absolute atomic E-state index is 0.299. The van der Waals surface area contributed by atoms with Crippen molar-refractivity contribution in [2.24, 2.45) is 11.8 Å². The first-order valence-electron chi connectivity index (χ1n) is 9.01. The number of aryl methyl sites for hydroxylation is 1. The molecule has 1 aromatic rings. The molecule has 2 fully saturated rings. The lowest BCUT2D eigenvalue weighted by Crippen LogP contribution is -2.48. The third kappa shape index (κ3) is 4.35. The quantitative estimate of drug-likeness (QED) is 0.855. The summed E-state index contributed by atoms with van der Waals surface area (Å²) in [6, 6.07) is 4.10. The van der Waals surface area contributed by atoms with E-state index < -0.39 is 0 Å². The number of furan rings is 1. The molecule has 0 radical (unpaired) electrons. The number of likely N-dealkylation sites (tertiary alicyclic amines) is 1. The zero-order valence-corrected chi connectivity index (χ0v) is 14.6. The Morgan fingerprint density at radius 2 is 1.74 bits per heavy atom. The van der Waals surface area contributed by atoms with Crippen LogP contribution in [0.5, 0.6) is 0 Å². The average molecular weight is 321 g/mol. The summed E-state index contributed by atoms with van der Waals surface area (Å²) in [6.45, 7) is 14.4. The van der Waals surface area contributed by atoms with Crippen LogP contribution in [0, 0.1) is 18.8 Å². The van der Waals surface area contributed by atoms with Crippen molar-refractivity contribution in [3.8, 4) is 0 Å². The highest BCUT2D eigenvalue weighted by Gasteiger charge is 2.34. The molecule has 0 saturated carbocycles. The van der Waals surface area contributed by atoms with Gasteiger partial charge in [0.25, 0.3) is 0 Å². The Hall–Kier alpha value is -0.880. The Morgan fingerprint density at radius 3 is 2.35 bits per heavy atom. The van der Waals surface area contributed by atoms with E-state index >= 15 is 0 Å². The Kier molecular flexibility index (Phi) is 5.75. The van der Waals surface area contributed by atoms with Crippen molar-refractivity contribution < 1.29 is 9.52 Å². The number of hydrogen-bond donors (Lipinski definition) is 1. The highest BCUT2D eigenvalue weighted by Crippen LogP contribution is 2.26. The smallest absolute Gasteiger partial charge is 0.118 e. The predicted octanol–water partition coefficient (Wildman–Crippen LogP) is 1.27.